The predicted molar refractivity (Wildman–Crippen MR) is 87.0 cm³/mol. The molecule has 6 nitrogen and oxygen atoms in total. The van der Waals surface area contributed by atoms with Gasteiger partial charge in [0.05, 0.1) is 0 Å². The normalized spacial score (nSPS) is 13.2. The van der Waals surface area contributed by atoms with E-state index in [1.165, 1.54) is 6.20 Å². The number of carboxylic acids is 1. The number of hydrogen-bond acceptors (Lipinski definition) is 3. The van der Waals surface area contributed by atoms with Crippen molar-refractivity contribution in [3.8, 4) is 0 Å². The van der Waals surface area contributed by atoms with Gasteiger partial charge in [0, 0.05) is 12.2 Å². The van der Waals surface area contributed by atoms with Gasteiger partial charge in [-0.25, -0.2) is 17.9 Å². The zero-order valence-corrected chi connectivity index (χ0v) is 14.0. The number of sulfonamides is 1. The summed E-state index contributed by atoms with van der Waals surface area (Å²) in [4.78, 5) is 13.2. The van der Waals surface area contributed by atoms with E-state index in [-0.39, 0.29) is 16.5 Å². The van der Waals surface area contributed by atoms with Crippen molar-refractivity contribution in [3.05, 3.63) is 53.3 Å². The molecule has 1 atom stereocenters. The van der Waals surface area contributed by atoms with E-state index in [9.17, 15) is 13.2 Å². The van der Waals surface area contributed by atoms with Crippen LogP contribution in [0.4, 0.5) is 0 Å². The smallest absolute Gasteiger partial charge is 0.352 e. The van der Waals surface area contributed by atoms with Crippen LogP contribution < -0.4 is 4.72 Å². The van der Waals surface area contributed by atoms with Gasteiger partial charge in [-0.15, -0.1) is 0 Å². The summed E-state index contributed by atoms with van der Waals surface area (Å²) >= 11 is 0. The Hall–Kier alpha value is -2.12. The molecule has 0 aliphatic rings. The number of aromatic amines is 1. The first-order valence-electron chi connectivity index (χ1n) is 7.25. The van der Waals surface area contributed by atoms with Crippen molar-refractivity contribution >= 4 is 16.0 Å². The zero-order valence-electron chi connectivity index (χ0n) is 13.2. The highest BCUT2D eigenvalue weighted by Gasteiger charge is 2.22. The highest BCUT2D eigenvalue weighted by molar-refractivity contribution is 7.89. The second-order valence-electron chi connectivity index (χ2n) is 5.68. The summed E-state index contributed by atoms with van der Waals surface area (Å²) < 4.78 is 27.4. The van der Waals surface area contributed by atoms with Crippen LogP contribution in [0.1, 0.15) is 54.3 Å². The number of carbonyl (C=O) groups is 1. The maximum absolute atomic E-state index is 12.4. The number of nitrogens with one attached hydrogen (secondary N) is 2. The third-order valence-corrected chi connectivity index (χ3v) is 5.13. The molecule has 0 saturated carbocycles. The van der Waals surface area contributed by atoms with Crippen molar-refractivity contribution in [3.63, 3.8) is 0 Å². The average molecular weight is 336 g/mol. The van der Waals surface area contributed by atoms with Gasteiger partial charge in [0.2, 0.25) is 10.0 Å². The Morgan fingerprint density at radius 1 is 1.17 bits per heavy atom. The van der Waals surface area contributed by atoms with Crippen LogP contribution in [0.15, 0.2) is 41.4 Å². The molecule has 2 aromatic rings. The van der Waals surface area contributed by atoms with Crippen LogP contribution in [0.3, 0.4) is 0 Å². The monoisotopic (exact) mass is 336 g/mol. The summed E-state index contributed by atoms with van der Waals surface area (Å²) in [6, 6.07) is 8.33. The molecule has 0 radical (unpaired) electrons. The van der Waals surface area contributed by atoms with Crippen LogP contribution >= 0.6 is 0 Å². The van der Waals surface area contributed by atoms with Crippen molar-refractivity contribution < 1.29 is 18.3 Å². The van der Waals surface area contributed by atoms with Gasteiger partial charge in [-0.2, -0.15) is 0 Å². The van der Waals surface area contributed by atoms with Crippen molar-refractivity contribution in [2.24, 2.45) is 0 Å². The van der Waals surface area contributed by atoms with Crippen molar-refractivity contribution in [1.29, 1.82) is 0 Å². The summed E-state index contributed by atoms with van der Waals surface area (Å²) in [6.45, 7) is 5.86. The summed E-state index contributed by atoms with van der Waals surface area (Å²) in [5.41, 5.74) is 1.81. The van der Waals surface area contributed by atoms with E-state index < -0.39 is 22.0 Å². The molecule has 23 heavy (non-hydrogen) atoms. The highest BCUT2D eigenvalue weighted by atomic mass is 32.2. The van der Waals surface area contributed by atoms with Gasteiger partial charge in [-0.1, -0.05) is 38.1 Å². The molecule has 0 bridgehead atoms. The summed E-state index contributed by atoms with van der Waals surface area (Å²) in [6.07, 6.45) is 1.17. The molecular weight excluding hydrogens is 316 g/mol. The zero-order chi connectivity index (χ0) is 17.2. The molecule has 1 unspecified atom stereocenters. The summed E-state index contributed by atoms with van der Waals surface area (Å²) in [7, 11) is -3.81. The highest BCUT2D eigenvalue weighted by Crippen LogP contribution is 2.26. The number of H-pyrrole nitrogens is 1. The first kappa shape index (κ1) is 17.2. The third-order valence-electron chi connectivity index (χ3n) is 3.61. The fraction of sp³-hybridized carbons (Fsp3) is 0.312. The lowest BCUT2D eigenvalue weighted by atomic mass is 9.94. The third kappa shape index (κ3) is 3.80. The van der Waals surface area contributed by atoms with Gasteiger partial charge in [0.15, 0.2) is 0 Å². The fourth-order valence-corrected chi connectivity index (χ4v) is 3.66. The number of rotatable bonds is 6. The minimum atomic E-state index is -3.81. The lowest BCUT2D eigenvalue weighted by Crippen LogP contribution is -2.27. The van der Waals surface area contributed by atoms with E-state index in [4.69, 9.17) is 5.11 Å². The minimum absolute atomic E-state index is 0.0937. The van der Waals surface area contributed by atoms with Crippen LogP contribution in [0, 0.1) is 0 Å². The maximum Gasteiger partial charge on any atom is 0.352 e. The van der Waals surface area contributed by atoms with E-state index in [1.807, 2.05) is 38.1 Å². The Morgan fingerprint density at radius 2 is 1.78 bits per heavy atom. The summed E-state index contributed by atoms with van der Waals surface area (Å²) in [5.74, 6) is -0.936. The molecule has 1 aromatic carbocycles. The SMILES string of the molecule is CC(C)c1ccccc1C(C)NS(=O)(=O)c1c[nH]c(C(=O)O)c1. The largest absolute Gasteiger partial charge is 0.477 e. The van der Waals surface area contributed by atoms with Gasteiger partial charge < -0.3 is 10.1 Å². The molecule has 0 saturated heterocycles. The first-order chi connectivity index (χ1) is 10.7. The molecule has 1 heterocycles. The number of aromatic carboxylic acids is 1. The van der Waals surface area contributed by atoms with Crippen LogP contribution in [0.2, 0.25) is 0 Å². The first-order valence-corrected chi connectivity index (χ1v) is 8.73. The lowest BCUT2D eigenvalue weighted by Gasteiger charge is -2.19. The Kier molecular flexibility index (Phi) is 4.91. The number of carboxylic acid groups (broad SMARTS) is 1. The predicted octanol–water partition coefficient (Wildman–Crippen LogP) is 2.88. The minimum Gasteiger partial charge on any atom is -0.477 e. The Morgan fingerprint density at radius 3 is 2.30 bits per heavy atom. The average Bonchev–Trinajstić information content (AvgIpc) is 2.97. The van der Waals surface area contributed by atoms with Crippen molar-refractivity contribution in [2.45, 2.75) is 37.6 Å². The van der Waals surface area contributed by atoms with E-state index in [0.717, 1.165) is 17.2 Å². The van der Waals surface area contributed by atoms with E-state index in [0.29, 0.717) is 0 Å². The topological polar surface area (TPSA) is 99.3 Å². The molecule has 0 spiro atoms. The Balaban J connectivity index is 2.28. The molecule has 0 aliphatic carbocycles. The number of aromatic nitrogens is 1. The molecule has 1 aromatic heterocycles. The van der Waals surface area contributed by atoms with Crippen LogP contribution in [-0.4, -0.2) is 24.5 Å². The fourth-order valence-electron chi connectivity index (χ4n) is 2.45. The molecule has 0 amide bonds. The summed E-state index contributed by atoms with van der Waals surface area (Å²) in [5, 5.41) is 8.87. The second-order valence-corrected chi connectivity index (χ2v) is 7.39. The van der Waals surface area contributed by atoms with Gasteiger partial charge >= 0.3 is 5.97 Å². The molecule has 0 fully saturated rings. The van der Waals surface area contributed by atoms with Crippen LogP contribution in [-0.2, 0) is 10.0 Å². The van der Waals surface area contributed by atoms with E-state index in [2.05, 4.69) is 9.71 Å². The standard InChI is InChI=1S/C16H20N2O4S/c1-10(2)13-6-4-5-7-14(13)11(3)18-23(21,22)12-8-15(16(19)20)17-9-12/h4-11,17-18H,1-3H3,(H,19,20). The van der Waals surface area contributed by atoms with Gasteiger partial charge in [-0.05, 0) is 30.0 Å². The quantitative estimate of drug-likeness (QED) is 0.755. The van der Waals surface area contributed by atoms with E-state index >= 15 is 0 Å². The number of benzene rings is 1. The van der Waals surface area contributed by atoms with E-state index in [1.54, 1.807) is 6.92 Å². The molecular formula is C16H20N2O4S. The molecule has 7 heteroatoms. The molecule has 0 aliphatic heterocycles. The van der Waals surface area contributed by atoms with Crippen LogP contribution in [0.25, 0.3) is 0 Å². The molecule has 124 valence electrons. The van der Waals surface area contributed by atoms with Gasteiger partial charge in [-0.3, -0.25) is 0 Å². The lowest BCUT2D eigenvalue weighted by molar-refractivity contribution is 0.0691. The maximum atomic E-state index is 12.4. The van der Waals surface area contributed by atoms with Gasteiger partial charge in [0.1, 0.15) is 10.6 Å². The van der Waals surface area contributed by atoms with Crippen molar-refractivity contribution in [2.75, 3.05) is 0 Å². The second kappa shape index (κ2) is 6.55. The van der Waals surface area contributed by atoms with Gasteiger partial charge in [0.25, 0.3) is 0 Å². The van der Waals surface area contributed by atoms with Crippen molar-refractivity contribution in [1.82, 2.24) is 9.71 Å². The Bertz CT molecular complexity index is 809. The van der Waals surface area contributed by atoms with Crippen LogP contribution in [0.5, 0.6) is 0 Å². The molecule has 2 rings (SSSR count). The molecule has 3 N–H and O–H groups in total. The number of hydrogen-bond donors (Lipinski definition) is 3. The Labute approximate surface area is 135 Å².